The topological polar surface area (TPSA) is 16.3 Å². The molecule has 0 unspecified atom stereocenters. The van der Waals surface area contributed by atoms with E-state index >= 15 is 0 Å². The summed E-state index contributed by atoms with van der Waals surface area (Å²) in [5, 5.41) is 25.3. The molecule has 4 heteroatoms. The summed E-state index contributed by atoms with van der Waals surface area (Å²) >= 11 is 0. The molecular weight excluding hydrogens is 1380 g/mol. The van der Waals surface area contributed by atoms with Crippen molar-refractivity contribution in [3.8, 4) is 44.8 Å². The lowest BCUT2D eigenvalue weighted by Gasteiger charge is -2.26. The highest BCUT2D eigenvalue weighted by molar-refractivity contribution is 6.27. The maximum atomic E-state index is 2.43. The highest BCUT2D eigenvalue weighted by Gasteiger charge is 2.22. The van der Waals surface area contributed by atoms with E-state index in [9.17, 15) is 0 Å². The van der Waals surface area contributed by atoms with Gasteiger partial charge >= 0.3 is 0 Å². The molecule has 0 radical (unpaired) electrons. The summed E-state index contributed by atoms with van der Waals surface area (Å²) in [4.78, 5) is 4.76. The Morgan fingerprint density at radius 1 is 0.132 bits per heavy atom. The van der Waals surface area contributed by atoms with E-state index in [0.717, 1.165) is 34.1 Å². The average molecular weight is 1450 g/mol. The molecule has 0 amide bonds. The minimum atomic E-state index is 1.10. The first kappa shape index (κ1) is 65.9. The lowest BCUT2D eigenvalue weighted by atomic mass is 9.94. The van der Waals surface area contributed by atoms with Gasteiger partial charge in [-0.05, 0) is 230 Å². The summed E-state index contributed by atoms with van der Waals surface area (Å²) in [6.07, 6.45) is 0. The van der Waals surface area contributed by atoms with Gasteiger partial charge in [-0.2, -0.15) is 0 Å². The van der Waals surface area contributed by atoms with Crippen LogP contribution in [0.3, 0.4) is 0 Å². The Morgan fingerprint density at radius 3 is 0.772 bits per heavy atom. The molecule has 0 aliphatic carbocycles. The van der Waals surface area contributed by atoms with Crippen LogP contribution in [0.4, 0.5) is 34.1 Å². The van der Waals surface area contributed by atoms with Gasteiger partial charge in [0, 0.05) is 66.4 Å². The number of fused-ring (bicyclic) bond motifs is 20. The van der Waals surface area contributed by atoms with E-state index in [0.29, 0.717) is 0 Å². The van der Waals surface area contributed by atoms with Crippen LogP contribution in [0, 0.1) is 0 Å². The summed E-state index contributed by atoms with van der Waals surface area (Å²) in [6.45, 7) is 0. The normalized spacial score (nSPS) is 11.7. The predicted octanol–water partition coefficient (Wildman–Crippen LogP) is 30.7. The highest BCUT2D eigenvalue weighted by atomic mass is 15.1. The minimum Gasteiger partial charge on any atom is -0.310 e. The van der Waals surface area contributed by atoms with Crippen molar-refractivity contribution in [3.05, 3.63) is 437 Å². The minimum absolute atomic E-state index is 1.10. The number of hydrogen-bond donors (Lipinski definition) is 0. The van der Waals surface area contributed by atoms with Crippen LogP contribution in [0.5, 0.6) is 0 Å². The molecular formula is C110H72N4. The van der Waals surface area contributed by atoms with Crippen molar-refractivity contribution < 1.29 is 0 Å². The summed E-state index contributed by atoms with van der Waals surface area (Å²) < 4.78 is 4.85. The summed E-state index contributed by atoms with van der Waals surface area (Å²) in [5.74, 6) is 0. The first-order valence-corrected chi connectivity index (χ1v) is 39.3. The third-order valence-corrected chi connectivity index (χ3v) is 23.5. The van der Waals surface area contributed by atoms with Crippen LogP contribution in [-0.2, 0) is 0 Å². The first-order valence-electron chi connectivity index (χ1n) is 39.3. The maximum absolute atomic E-state index is 2.43. The largest absolute Gasteiger partial charge is 0.310 e. The standard InChI is InChI=1S/C58H38N2.C52H34N2/c1-2-13-39(14-3-1)40-25-30-44(31-26-40)59(46-34-35-52-50-20-7-6-18-48(50)49-19-8-9-21-51(49)54(52)38-46)45-32-27-41(28-33-45)43-29-36-58-55(37-43)53-22-10-11-23-57(53)60(58)56-24-12-16-42-15-4-5-17-47(42)56;1-2-15-38(16-3-1)53(40-30-31-46-44-20-7-6-18-42(44)43-19-8-9-21-45(43)48(46)34-40)39-28-25-35(26-29-39)37-27-32-52-49(33-37)47-22-10-11-23-51(47)54(52)50-24-12-14-36-13-4-5-17-41(36)50/h1-38H;1-34H. The fraction of sp³-hybridized carbons (Fsp3) is 0. The van der Waals surface area contributed by atoms with Gasteiger partial charge in [-0.1, -0.05) is 315 Å². The number of rotatable bonds is 11. The monoisotopic (exact) mass is 1450 g/mol. The second kappa shape index (κ2) is 27.5. The number of hydrogen-bond acceptors (Lipinski definition) is 2. The second-order valence-electron chi connectivity index (χ2n) is 29.8. The van der Waals surface area contributed by atoms with Gasteiger partial charge in [0.25, 0.3) is 0 Å². The molecule has 2 aromatic heterocycles. The Bertz CT molecular complexity index is 7630. The van der Waals surface area contributed by atoms with Crippen molar-refractivity contribution in [2.24, 2.45) is 0 Å². The Kier molecular flexibility index (Phi) is 15.9. The van der Waals surface area contributed by atoms with Crippen molar-refractivity contribution in [2.45, 2.75) is 0 Å². The predicted molar refractivity (Wildman–Crippen MR) is 487 cm³/mol. The molecule has 0 aliphatic rings. The summed E-state index contributed by atoms with van der Waals surface area (Å²) in [5.41, 5.74) is 21.1. The van der Waals surface area contributed by atoms with Crippen molar-refractivity contribution in [2.75, 3.05) is 9.80 Å². The molecule has 0 atom stereocenters. The summed E-state index contributed by atoms with van der Waals surface area (Å²) in [7, 11) is 0. The van der Waals surface area contributed by atoms with Gasteiger partial charge in [-0.25, -0.2) is 0 Å². The van der Waals surface area contributed by atoms with Crippen LogP contribution >= 0.6 is 0 Å². The van der Waals surface area contributed by atoms with Crippen LogP contribution in [0.2, 0.25) is 0 Å². The van der Waals surface area contributed by atoms with Crippen molar-refractivity contribution >= 4 is 164 Å². The Hall–Kier alpha value is -15.1. The first-order chi connectivity index (χ1) is 56.6. The molecule has 23 rings (SSSR count). The molecule has 0 bridgehead atoms. The van der Waals surface area contributed by atoms with Crippen LogP contribution in [0.1, 0.15) is 0 Å². The number of anilines is 6. The fourth-order valence-corrected chi connectivity index (χ4v) is 18.2. The smallest absolute Gasteiger partial charge is 0.0541 e. The zero-order valence-electron chi connectivity index (χ0n) is 62.4. The zero-order chi connectivity index (χ0) is 75.2. The van der Waals surface area contributed by atoms with E-state index in [1.165, 1.54) is 175 Å². The Labute approximate surface area is 660 Å². The molecule has 0 fully saturated rings. The van der Waals surface area contributed by atoms with E-state index in [1.54, 1.807) is 0 Å². The van der Waals surface area contributed by atoms with Crippen molar-refractivity contribution in [3.63, 3.8) is 0 Å². The van der Waals surface area contributed by atoms with Gasteiger partial charge in [0.15, 0.2) is 0 Å². The number of benzene rings is 21. The molecule has 114 heavy (non-hydrogen) atoms. The van der Waals surface area contributed by atoms with Gasteiger partial charge in [0.2, 0.25) is 0 Å². The van der Waals surface area contributed by atoms with Crippen LogP contribution in [0.15, 0.2) is 437 Å². The summed E-state index contributed by atoms with van der Waals surface area (Å²) in [6, 6.07) is 159. The molecule has 4 nitrogen and oxygen atoms in total. The third kappa shape index (κ3) is 11.1. The highest BCUT2D eigenvalue weighted by Crippen LogP contribution is 2.47. The second-order valence-corrected chi connectivity index (χ2v) is 29.8. The van der Waals surface area contributed by atoms with Crippen LogP contribution in [-0.4, -0.2) is 9.13 Å². The van der Waals surface area contributed by atoms with Crippen LogP contribution < -0.4 is 9.80 Å². The molecule has 0 aliphatic heterocycles. The van der Waals surface area contributed by atoms with E-state index in [2.05, 4.69) is 456 Å². The van der Waals surface area contributed by atoms with Gasteiger partial charge in [0.1, 0.15) is 0 Å². The lowest BCUT2D eigenvalue weighted by molar-refractivity contribution is 1.20. The average Bonchev–Trinajstić information content (AvgIpc) is 1.49. The number of nitrogens with zero attached hydrogens (tertiary/aromatic N) is 4. The SMILES string of the molecule is c1ccc(-c2ccc(N(c3ccc(-c4ccc5c(c4)c4ccccc4n5-c4cccc5ccccc45)cc3)c3ccc4c5ccccc5c5ccccc5c4c3)cc2)cc1.c1ccc(N(c2ccc(-c3ccc4c(c3)c3ccccc3n4-c3cccc4ccccc34)cc2)c2ccc3c4ccccc4c4ccccc4c3c2)cc1. The zero-order valence-corrected chi connectivity index (χ0v) is 62.4. The van der Waals surface area contributed by atoms with E-state index in [4.69, 9.17) is 0 Å². The van der Waals surface area contributed by atoms with Gasteiger partial charge < -0.3 is 18.9 Å². The molecule has 532 valence electrons. The maximum Gasteiger partial charge on any atom is 0.0541 e. The van der Waals surface area contributed by atoms with Crippen molar-refractivity contribution in [1.29, 1.82) is 0 Å². The Balaban J connectivity index is 0.000000140. The van der Waals surface area contributed by atoms with Crippen LogP contribution in [0.25, 0.3) is 175 Å². The quantitative estimate of drug-likeness (QED) is 0.120. The van der Waals surface area contributed by atoms with Gasteiger partial charge in [0.05, 0.1) is 33.4 Å². The lowest BCUT2D eigenvalue weighted by Crippen LogP contribution is -2.10. The molecule has 0 spiro atoms. The van der Waals surface area contributed by atoms with E-state index in [-0.39, 0.29) is 0 Å². The molecule has 23 aromatic rings. The number of aromatic nitrogens is 2. The van der Waals surface area contributed by atoms with Crippen molar-refractivity contribution in [1.82, 2.24) is 9.13 Å². The molecule has 0 N–H and O–H groups in total. The van der Waals surface area contributed by atoms with E-state index < -0.39 is 0 Å². The number of para-hydroxylation sites is 3. The fourth-order valence-electron chi connectivity index (χ4n) is 18.2. The van der Waals surface area contributed by atoms with Gasteiger partial charge in [-0.3, -0.25) is 0 Å². The molecule has 0 saturated heterocycles. The molecule has 0 saturated carbocycles. The molecule has 2 heterocycles. The Morgan fingerprint density at radius 2 is 0.386 bits per heavy atom. The van der Waals surface area contributed by atoms with Gasteiger partial charge in [-0.15, -0.1) is 0 Å². The molecule has 21 aromatic carbocycles. The van der Waals surface area contributed by atoms with E-state index in [1.807, 2.05) is 0 Å². The third-order valence-electron chi connectivity index (χ3n) is 23.5.